The number of benzene rings is 1. The van der Waals surface area contributed by atoms with Crippen LogP contribution in [-0.2, 0) is 20.7 Å². The second-order valence-corrected chi connectivity index (χ2v) is 7.58. The first-order valence-corrected chi connectivity index (χ1v) is 10.2. The van der Waals surface area contributed by atoms with Gasteiger partial charge in [-0.25, -0.2) is 0 Å². The van der Waals surface area contributed by atoms with Crippen molar-refractivity contribution in [2.45, 2.75) is 31.8 Å². The number of carbonyl (C=O) groups is 2. The van der Waals surface area contributed by atoms with E-state index in [9.17, 15) is 9.59 Å². The molecule has 2 heterocycles. The lowest BCUT2D eigenvalue weighted by Crippen LogP contribution is -2.59. The second kappa shape index (κ2) is 9.49. The predicted molar refractivity (Wildman–Crippen MR) is 109 cm³/mol. The van der Waals surface area contributed by atoms with Crippen molar-refractivity contribution >= 4 is 17.5 Å². The molecule has 154 valence electrons. The molecule has 7 nitrogen and oxygen atoms in total. The zero-order valence-corrected chi connectivity index (χ0v) is 17.0. The van der Waals surface area contributed by atoms with Gasteiger partial charge < -0.3 is 20.3 Å². The Morgan fingerprint density at radius 1 is 1.14 bits per heavy atom. The lowest BCUT2D eigenvalue weighted by Gasteiger charge is -2.42. The summed E-state index contributed by atoms with van der Waals surface area (Å²) >= 11 is 0. The Morgan fingerprint density at radius 3 is 2.46 bits per heavy atom. The molecule has 0 aromatic heterocycles. The number of carbonyl (C=O) groups excluding carboxylic acids is 2. The third-order valence-electron chi connectivity index (χ3n) is 5.89. The van der Waals surface area contributed by atoms with E-state index < -0.39 is 5.60 Å². The van der Waals surface area contributed by atoms with Gasteiger partial charge in [0.1, 0.15) is 5.60 Å². The molecule has 7 heteroatoms. The van der Waals surface area contributed by atoms with Crippen molar-refractivity contribution in [3.63, 3.8) is 0 Å². The first kappa shape index (κ1) is 20.8. The second-order valence-electron chi connectivity index (χ2n) is 7.58. The highest BCUT2D eigenvalue weighted by atomic mass is 16.5. The molecule has 0 atom stereocenters. The van der Waals surface area contributed by atoms with Crippen LogP contribution < -0.4 is 10.6 Å². The minimum Gasteiger partial charge on any atom is -0.368 e. The molecule has 3 rings (SSSR count). The Kier molecular flexibility index (Phi) is 7.04. The summed E-state index contributed by atoms with van der Waals surface area (Å²) in [6.45, 7) is 6.71. The number of hydrogen-bond donors (Lipinski definition) is 2. The molecule has 0 radical (unpaired) electrons. The maximum absolute atomic E-state index is 13.0. The van der Waals surface area contributed by atoms with Crippen LogP contribution in [-0.4, -0.2) is 80.1 Å². The molecule has 2 aliphatic heterocycles. The molecule has 0 spiro atoms. The molecule has 2 saturated heterocycles. The average Bonchev–Trinajstić information content (AvgIpc) is 2.74. The lowest BCUT2D eigenvalue weighted by atomic mass is 9.90. The highest BCUT2D eigenvalue weighted by Gasteiger charge is 2.43. The number of methoxy groups -OCH3 is 1. The summed E-state index contributed by atoms with van der Waals surface area (Å²) < 4.78 is 5.66. The summed E-state index contributed by atoms with van der Waals surface area (Å²) in [6.07, 6.45) is 2.30. The third kappa shape index (κ3) is 4.71. The van der Waals surface area contributed by atoms with Crippen LogP contribution in [0.2, 0.25) is 0 Å². The first-order chi connectivity index (χ1) is 13.6. The highest BCUT2D eigenvalue weighted by molar-refractivity contribution is 5.93. The molecule has 0 aliphatic carbocycles. The van der Waals surface area contributed by atoms with Crippen molar-refractivity contribution in [2.24, 2.45) is 0 Å². The van der Waals surface area contributed by atoms with Crippen molar-refractivity contribution < 1.29 is 14.3 Å². The van der Waals surface area contributed by atoms with E-state index >= 15 is 0 Å². The van der Waals surface area contributed by atoms with Crippen LogP contribution in [0.15, 0.2) is 24.3 Å². The molecule has 2 aliphatic rings. The molecule has 2 amide bonds. The van der Waals surface area contributed by atoms with E-state index in [-0.39, 0.29) is 11.8 Å². The fourth-order valence-electron chi connectivity index (χ4n) is 4.08. The number of rotatable bonds is 6. The number of ether oxygens (including phenoxy) is 1. The summed E-state index contributed by atoms with van der Waals surface area (Å²) in [5.41, 5.74) is 1.34. The average molecular weight is 389 g/mol. The van der Waals surface area contributed by atoms with Crippen molar-refractivity contribution in [3.8, 4) is 0 Å². The number of amides is 2. The van der Waals surface area contributed by atoms with E-state index in [0.717, 1.165) is 30.8 Å². The molecule has 0 unspecified atom stereocenters. The number of anilines is 1. The van der Waals surface area contributed by atoms with Crippen molar-refractivity contribution in [1.29, 1.82) is 0 Å². The van der Waals surface area contributed by atoms with Gasteiger partial charge in [-0.05, 0) is 44.0 Å². The predicted octanol–water partition coefficient (Wildman–Crippen LogP) is 1.10. The molecular weight excluding hydrogens is 356 g/mol. The number of nitrogens with zero attached hydrogens (tertiary/aromatic N) is 2. The van der Waals surface area contributed by atoms with Gasteiger partial charge in [0.05, 0.1) is 6.54 Å². The van der Waals surface area contributed by atoms with Gasteiger partial charge in [-0.1, -0.05) is 25.1 Å². The largest absolute Gasteiger partial charge is 0.368 e. The van der Waals surface area contributed by atoms with Gasteiger partial charge >= 0.3 is 0 Å². The summed E-state index contributed by atoms with van der Waals surface area (Å²) in [7, 11) is 1.64. The van der Waals surface area contributed by atoms with E-state index in [1.165, 1.54) is 0 Å². The lowest BCUT2D eigenvalue weighted by molar-refractivity contribution is -0.160. The Balaban J connectivity index is 1.50. The number of aryl methyl sites for hydroxylation is 1. The maximum Gasteiger partial charge on any atom is 0.254 e. The summed E-state index contributed by atoms with van der Waals surface area (Å²) in [4.78, 5) is 29.5. The molecule has 1 aromatic rings. The zero-order chi connectivity index (χ0) is 20.0. The van der Waals surface area contributed by atoms with Gasteiger partial charge in [0.25, 0.3) is 5.91 Å². The third-order valence-corrected chi connectivity index (χ3v) is 5.89. The number of hydrogen-bond acceptors (Lipinski definition) is 5. The zero-order valence-electron chi connectivity index (χ0n) is 17.0. The quantitative estimate of drug-likeness (QED) is 0.764. The van der Waals surface area contributed by atoms with Gasteiger partial charge in [0.15, 0.2) is 0 Å². The van der Waals surface area contributed by atoms with Crippen LogP contribution in [0, 0.1) is 0 Å². The van der Waals surface area contributed by atoms with Crippen LogP contribution >= 0.6 is 0 Å². The number of nitrogens with one attached hydrogen (secondary N) is 2. The Labute approximate surface area is 167 Å². The SMILES string of the molecule is CCc1ccccc1NC(=O)CN1CCN(C(=O)C2(OC)CCNCC2)CC1. The minimum atomic E-state index is -0.686. The number of piperazine rings is 1. The van der Waals surface area contributed by atoms with Crippen molar-refractivity contribution in [2.75, 3.05) is 58.2 Å². The van der Waals surface area contributed by atoms with E-state index in [4.69, 9.17) is 4.74 Å². The molecule has 28 heavy (non-hydrogen) atoms. The van der Waals surface area contributed by atoms with E-state index in [0.29, 0.717) is 45.6 Å². The topological polar surface area (TPSA) is 73.9 Å². The normalized spacial score (nSPS) is 20.0. The highest BCUT2D eigenvalue weighted by Crippen LogP contribution is 2.25. The molecule has 1 aromatic carbocycles. The van der Waals surface area contributed by atoms with E-state index in [2.05, 4.69) is 22.5 Å². The van der Waals surface area contributed by atoms with Crippen molar-refractivity contribution in [1.82, 2.24) is 15.1 Å². The number of para-hydroxylation sites is 1. The van der Waals surface area contributed by atoms with Gasteiger partial charge in [-0.2, -0.15) is 0 Å². The molecule has 2 N–H and O–H groups in total. The Morgan fingerprint density at radius 2 is 1.82 bits per heavy atom. The van der Waals surface area contributed by atoms with Crippen LogP contribution in [0.1, 0.15) is 25.3 Å². The van der Waals surface area contributed by atoms with E-state index in [1.807, 2.05) is 29.2 Å². The molecule has 0 saturated carbocycles. The van der Waals surface area contributed by atoms with Gasteiger partial charge in [0.2, 0.25) is 5.91 Å². The summed E-state index contributed by atoms with van der Waals surface area (Å²) in [5.74, 6) is 0.0878. The van der Waals surface area contributed by atoms with Crippen molar-refractivity contribution in [3.05, 3.63) is 29.8 Å². The first-order valence-electron chi connectivity index (χ1n) is 10.2. The van der Waals surface area contributed by atoms with E-state index in [1.54, 1.807) is 7.11 Å². The standard InChI is InChI=1S/C21H32N4O3/c1-3-17-6-4-5-7-18(17)23-19(26)16-24-12-14-25(15-13-24)20(27)21(28-2)8-10-22-11-9-21/h4-7,22H,3,8-16H2,1-2H3,(H,23,26). The fraction of sp³-hybridized carbons (Fsp3) is 0.619. The molecule has 0 bridgehead atoms. The van der Waals surface area contributed by atoms with Crippen LogP contribution in [0.25, 0.3) is 0 Å². The summed E-state index contributed by atoms with van der Waals surface area (Å²) in [6, 6.07) is 7.90. The monoisotopic (exact) mass is 388 g/mol. The Hall–Kier alpha value is -1.96. The molecular formula is C21H32N4O3. The fourth-order valence-corrected chi connectivity index (χ4v) is 4.08. The smallest absolute Gasteiger partial charge is 0.254 e. The minimum absolute atomic E-state index is 0.00704. The summed E-state index contributed by atoms with van der Waals surface area (Å²) in [5, 5.41) is 6.31. The molecule has 2 fully saturated rings. The maximum atomic E-state index is 13.0. The van der Waals surface area contributed by atoms with Crippen LogP contribution in [0.3, 0.4) is 0 Å². The van der Waals surface area contributed by atoms with Crippen LogP contribution in [0.4, 0.5) is 5.69 Å². The number of piperidine rings is 1. The Bertz CT molecular complexity index is 680. The van der Waals surface area contributed by atoms with Gasteiger partial charge in [0, 0.05) is 39.0 Å². The van der Waals surface area contributed by atoms with Crippen LogP contribution in [0.5, 0.6) is 0 Å². The van der Waals surface area contributed by atoms with Gasteiger partial charge in [-0.15, -0.1) is 0 Å². The van der Waals surface area contributed by atoms with Gasteiger partial charge in [-0.3, -0.25) is 14.5 Å².